The molecule has 2 rings (SSSR count). The van der Waals surface area contributed by atoms with E-state index in [-0.39, 0.29) is 30.9 Å². The standard InChI is InChI=1S/C14H21FN2O2.ClH/c1-19-11-2-3-12(14(18)10-11)13(4-5-15)17-8-6-16-7-9-17;/h2-3,10,13,16,18H,4-9H2,1H3;1H/t13-;/m0./s1. The van der Waals surface area contributed by atoms with Gasteiger partial charge in [-0.3, -0.25) is 9.29 Å². The van der Waals surface area contributed by atoms with Crippen molar-refractivity contribution in [2.75, 3.05) is 40.0 Å². The maximum Gasteiger partial charge on any atom is 0.124 e. The number of phenols is 1. The molecule has 1 aromatic carbocycles. The summed E-state index contributed by atoms with van der Waals surface area (Å²) in [4.78, 5) is 2.22. The van der Waals surface area contributed by atoms with Crippen LogP contribution < -0.4 is 10.1 Å². The molecule has 1 saturated heterocycles. The van der Waals surface area contributed by atoms with E-state index in [4.69, 9.17) is 4.74 Å². The van der Waals surface area contributed by atoms with Gasteiger partial charge < -0.3 is 15.2 Å². The van der Waals surface area contributed by atoms with Gasteiger partial charge in [0.1, 0.15) is 11.5 Å². The van der Waals surface area contributed by atoms with Crippen molar-refractivity contribution < 1.29 is 14.2 Å². The summed E-state index contributed by atoms with van der Waals surface area (Å²) in [5.41, 5.74) is 0.778. The molecule has 0 amide bonds. The van der Waals surface area contributed by atoms with Crippen molar-refractivity contribution in [2.24, 2.45) is 0 Å². The van der Waals surface area contributed by atoms with Crippen LogP contribution in [0.2, 0.25) is 0 Å². The van der Waals surface area contributed by atoms with Crippen molar-refractivity contribution in [3.8, 4) is 11.5 Å². The second-order valence-electron chi connectivity index (χ2n) is 4.70. The number of hydrogen-bond acceptors (Lipinski definition) is 4. The van der Waals surface area contributed by atoms with Crippen molar-refractivity contribution in [2.45, 2.75) is 12.5 Å². The van der Waals surface area contributed by atoms with E-state index >= 15 is 0 Å². The predicted molar refractivity (Wildman–Crippen MR) is 79.7 cm³/mol. The Balaban J connectivity index is 0.00000200. The molecule has 1 aliphatic heterocycles. The first-order valence-corrected chi connectivity index (χ1v) is 6.64. The average molecular weight is 305 g/mol. The zero-order chi connectivity index (χ0) is 13.7. The summed E-state index contributed by atoms with van der Waals surface area (Å²) in [5.74, 6) is 0.789. The SMILES string of the molecule is COc1ccc([C@H](CCF)N2CCNCC2)c(O)c1.Cl. The maximum atomic E-state index is 12.8. The van der Waals surface area contributed by atoms with Gasteiger partial charge in [-0.2, -0.15) is 0 Å². The summed E-state index contributed by atoms with van der Waals surface area (Å²) < 4.78 is 17.9. The number of aromatic hydroxyl groups is 1. The molecule has 114 valence electrons. The Morgan fingerprint density at radius 1 is 1.40 bits per heavy atom. The van der Waals surface area contributed by atoms with E-state index in [2.05, 4.69) is 10.2 Å². The fourth-order valence-electron chi connectivity index (χ4n) is 2.56. The maximum absolute atomic E-state index is 12.8. The van der Waals surface area contributed by atoms with Crippen molar-refractivity contribution in [3.05, 3.63) is 23.8 Å². The third-order valence-corrected chi connectivity index (χ3v) is 3.57. The summed E-state index contributed by atoms with van der Waals surface area (Å²) in [5, 5.41) is 13.4. The molecular weight excluding hydrogens is 283 g/mol. The molecule has 1 fully saturated rings. The van der Waals surface area contributed by atoms with Gasteiger partial charge in [0.15, 0.2) is 0 Å². The van der Waals surface area contributed by atoms with Crippen LogP contribution in [0.1, 0.15) is 18.0 Å². The van der Waals surface area contributed by atoms with Crippen molar-refractivity contribution in [1.29, 1.82) is 0 Å². The summed E-state index contributed by atoms with van der Waals surface area (Å²) in [6.07, 6.45) is 0.403. The van der Waals surface area contributed by atoms with Crippen LogP contribution in [0, 0.1) is 0 Å². The molecule has 1 aromatic rings. The second-order valence-corrected chi connectivity index (χ2v) is 4.70. The molecule has 0 saturated carbocycles. The zero-order valence-electron chi connectivity index (χ0n) is 11.6. The number of halogens is 2. The number of hydrogen-bond donors (Lipinski definition) is 2. The van der Waals surface area contributed by atoms with Crippen LogP contribution in [0.15, 0.2) is 18.2 Å². The van der Waals surface area contributed by atoms with E-state index < -0.39 is 0 Å². The minimum Gasteiger partial charge on any atom is -0.507 e. The summed E-state index contributed by atoms with van der Waals surface area (Å²) in [7, 11) is 1.56. The lowest BCUT2D eigenvalue weighted by atomic mass is 10.0. The Morgan fingerprint density at radius 2 is 2.10 bits per heavy atom. The predicted octanol–water partition coefficient (Wildman–Crippen LogP) is 2.13. The number of piperazine rings is 1. The lowest BCUT2D eigenvalue weighted by Crippen LogP contribution is -2.45. The summed E-state index contributed by atoms with van der Waals surface area (Å²) >= 11 is 0. The zero-order valence-corrected chi connectivity index (χ0v) is 12.5. The highest BCUT2D eigenvalue weighted by atomic mass is 35.5. The van der Waals surface area contributed by atoms with Gasteiger partial charge in [-0.05, 0) is 12.5 Å². The first-order valence-electron chi connectivity index (χ1n) is 6.64. The van der Waals surface area contributed by atoms with Crippen LogP contribution in [-0.4, -0.2) is 50.0 Å². The lowest BCUT2D eigenvalue weighted by Gasteiger charge is -2.35. The highest BCUT2D eigenvalue weighted by Gasteiger charge is 2.24. The van der Waals surface area contributed by atoms with Crippen LogP contribution in [0.4, 0.5) is 4.39 Å². The van der Waals surface area contributed by atoms with Gasteiger partial charge in [0.05, 0.1) is 13.8 Å². The number of ether oxygens (including phenoxy) is 1. The van der Waals surface area contributed by atoms with E-state index in [9.17, 15) is 9.50 Å². The average Bonchev–Trinajstić information content (AvgIpc) is 2.46. The van der Waals surface area contributed by atoms with E-state index in [1.54, 1.807) is 13.2 Å². The first-order chi connectivity index (χ1) is 9.26. The fraction of sp³-hybridized carbons (Fsp3) is 0.571. The Labute approximate surface area is 125 Å². The Morgan fingerprint density at radius 3 is 2.65 bits per heavy atom. The highest BCUT2D eigenvalue weighted by Crippen LogP contribution is 2.34. The number of benzene rings is 1. The molecule has 1 heterocycles. The number of nitrogens with zero attached hydrogens (tertiary/aromatic N) is 1. The molecule has 1 atom stereocenters. The van der Waals surface area contributed by atoms with Crippen LogP contribution in [0.3, 0.4) is 0 Å². The van der Waals surface area contributed by atoms with Gasteiger partial charge in [0.25, 0.3) is 0 Å². The molecule has 4 nitrogen and oxygen atoms in total. The van der Waals surface area contributed by atoms with Crippen LogP contribution in [-0.2, 0) is 0 Å². The number of phenolic OH excluding ortho intramolecular Hbond substituents is 1. The van der Waals surface area contributed by atoms with Gasteiger partial charge >= 0.3 is 0 Å². The Bertz CT molecular complexity index is 414. The molecule has 20 heavy (non-hydrogen) atoms. The Hall–Kier alpha value is -1.04. The third-order valence-electron chi connectivity index (χ3n) is 3.57. The molecule has 2 N–H and O–H groups in total. The largest absolute Gasteiger partial charge is 0.507 e. The number of methoxy groups -OCH3 is 1. The smallest absolute Gasteiger partial charge is 0.124 e. The molecule has 0 radical (unpaired) electrons. The highest BCUT2D eigenvalue weighted by molar-refractivity contribution is 5.85. The van der Waals surface area contributed by atoms with Crippen molar-refractivity contribution in [3.63, 3.8) is 0 Å². The minimum atomic E-state index is -0.389. The molecule has 0 spiro atoms. The van der Waals surface area contributed by atoms with Gasteiger partial charge in [-0.25, -0.2) is 0 Å². The lowest BCUT2D eigenvalue weighted by molar-refractivity contribution is 0.155. The fourth-order valence-corrected chi connectivity index (χ4v) is 2.56. The normalized spacial score (nSPS) is 17.3. The number of nitrogens with one attached hydrogen (secondary N) is 1. The van der Waals surface area contributed by atoms with Gasteiger partial charge in [-0.15, -0.1) is 12.4 Å². The molecule has 0 unspecified atom stereocenters. The third kappa shape index (κ3) is 3.98. The number of alkyl halides is 1. The molecule has 0 aromatic heterocycles. The van der Waals surface area contributed by atoms with Crippen molar-refractivity contribution >= 4 is 12.4 Å². The monoisotopic (exact) mass is 304 g/mol. The molecule has 0 bridgehead atoms. The van der Waals surface area contributed by atoms with E-state index in [0.717, 1.165) is 31.7 Å². The van der Waals surface area contributed by atoms with Gasteiger partial charge in [0.2, 0.25) is 0 Å². The summed E-state index contributed by atoms with van der Waals surface area (Å²) in [6.45, 7) is 3.16. The Kier molecular flexibility index (Phi) is 7.05. The first kappa shape index (κ1) is 17.0. The quantitative estimate of drug-likeness (QED) is 0.875. The van der Waals surface area contributed by atoms with E-state index in [0.29, 0.717) is 12.2 Å². The summed E-state index contributed by atoms with van der Waals surface area (Å²) in [6, 6.07) is 5.15. The topological polar surface area (TPSA) is 44.7 Å². The number of rotatable bonds is 5. The minimum absolute atomic E-state index is 0. The molecule has 0 aliphatic carbocycles. The van der Waals surface area contributed by atoms with E-state index in [1.807, 2.05) is 12.1 Å². The molecule has 6 heteroatoms. The van der Waals surface area contributed by atoms with Crippen LogP contribution in [0.5, 0.6) is 11.5 Å². The van der Waals surface area contributed by atoms with Crippen LogP contribution >= 0.6 is 12.4 Å². The van der Waals surface area contributed by atoms with Crippen LogP contribution in [0.25, 0.3) is 0 Å². The second kappa shape index (κ2) is 8.29. The molecular formula is C14H22ClFN2O2. The molecule has 1 aliphatic rings. The van der Waals surface area contributed by atoms with E-state index in [1.165, 1.54) is 0 Å². The van der Waals surface area contributed by atoms with Gasteiger partial charge in [-0.1, -0.05) is 6.07 Å². The van der Waals surface area contributed by atoms with Gasteiger partial charge in [0, 0.05) is 43.9 Å². The van der Waals surface area contributed by atoms with Crippen molar-refractivity contribution in [1.82, 2.24) is 10.2 Å².